The van der Waals surface area contributed by atoms with Crippen LogP contribution in [0.1, 0.15) is 13.3 Å². The van der Waals surface area contributed by atoms with Gasteiger partial charge in [0.1, 0.15) is 6.10 Å². The molecule has 0 spiro atoms. The molecule has 2 rings (SSSR count). The van der Waals surface area contributed by atoms with Crippen molar-refractivity contribution in [3.8, 4) is 0 Å². The fourth-order valence-electron chi connectivity index (χ4n) is 1.78. The maximum atomic E-state index is 11.9. The quantitative estimate of drug-likeness (QED) is 0.721. The largest absolute Gasteiger partial charge is 0.368 e. The highest BCUT2D eigenvalue weighted by atomic mass is 16.5. The molecule has 16 heavy (non-hydrogen) atoms. The SMILES string of the molecule is CCOC1CC(=O)N(c2ccccc2)C1=O. The minimum atomic E-state index is -0.613. The van der Waals surface area contributed by atoms with Crippen LogP contribution in [0.5, 0.6) is 0 Å². The summed E-state index contributed by atoms with van der Waals surface area (Å²) >= 11 is 0. The summed E-state index contributed by atoms with van der Waals surface area (Å²) in [5.41, 5.74) is 0.611. The highest BCUT2D eigenvalue weighted by Crippen LogP contribution is 2.23. The van der Waals surface area contributed by atoms with Crippen molar-refractivity contribution >= 4 is 17.5 Å². The fraction of sp³-hybridized carbons (Fsp3) is 0.333. The molecule has 1 aromatic rings. The lowest BCUT2D eigenvalue weighted by molar-refractivity contribution is -0.126. The van der Waals surface area contributed by atoms with E-state index in [0.29, 0.717) is 12.3 Å². The van der Waals surface area contributed by atoms with Crippen molar-refractivity contribution in [2.45, 2.75) is 19.4 Å². The molecule has 1 saturated heterocycles. The third-order valence-electron chi connectivity index (χ3n) is 2.49. The standard InChI is InChI=1S/C12H13NO3/c1-2-16-10-8-11(14)13(12(10)15)9-6-4-3-5-7-9/h3-7,10H,2,8H2,1H3. The zero-order valence-corrected chi connectivity index (χ0v) is 9.05. The summed E-state index contributed by atoms with van der Waals surface area (Å²) in [5.74, 6) is -0.465. The predicted octanol–water partition coefficient (Wildman–Crippen LogP) is 1.35. The summed E-state index contributed by atoms with van der Waals surface area (Å²) in [6.07, 6.45) is -0.473. The fourth-order valence-corrected chi connectivity index (χ4v) is 1.78. The molecule has 0 aromatic heterocycles. The maximum absolute atomic E-state index is 11.9. The van der Waals surface area contributed by atoms with Crippen molar-refractivity contribution in [2.75, 3.05) is 11.5 Å². The van der Waals surface area contributed by atoms with Crippen LogP contribution < -0.4 is 4.90 Å². The number of nitrogens with zero attached hydrogens (tertiary/aromatic N) is 1. The molecular formula is C12H13NO3. The topological polar surface area (TPSA) is 46.6 Å². The van der Waals surface area contributed by atoms with Crippen LogP contribution in [0.4, 0.5) is 5.69 Å². The van der Waals surface area contributed by atoms with E-state index in [9.17, 15) is 9.59 Å². The van der Waals surface area contributed by atoms with Gasteiger partial charge in [0.2, 0.25) is 5.91 Å². The van der Waals surface area contributed by atoms with Crippen molar-refractivity contribution < 1.29 is 14.3 Å². The van der Waals surface area contributed by atoms with Gasteiger partial charge in [-0.2, -0.15) is 0 Å². The van der Waals surface area contributed by atoms with E-state index in [4.69, 9.17) is 4.74 Å². The monoisotopic (exact) mass is 219 g/mol. The number of hydrogen-bond acceptors (Lipinski definition) is 3. The number of para-hydroxylation sites is 1. The van der Waals surface area contributed by atoms with Crippen LogP contribution >= 0.6 is 0 Å². The smallest absolute Gasteiger partial charge is 0.263 e. The number of anilines is 1. The van der Waals surface area contributed by atoms with Gasteiger partial charge in [0.15, 0.2) is 0 Å². The molecule has 1 aliphatic rings. The Bertz CT molecular complexity index is 402. The van der Waals surface area contributed by atoms with Crippen LogP contribution in [-0.4, -0.2) is 24.5 Å². The first kappa shape index (κ1) is 10.8. The van der Waals surface area contributed by atoms with Crippen LogP contribution in [0.3, 0.4) is 0 Å². The van der Waals surface area contributed by atoms with Crippen molar-refractivity contribution in [1.29, 1.82) is 0 Å². The van der Waals surface area contributed by atoms with E-state index in [2.05, 4.69) is 0 Å². The molecule has 0 saturated carbocycles. The number of ether oxygens (including phenoxy) is 1. The summed E-state index contributed by atoms with van der Waals surface area (Å²) in [7, 11) is 0. The molecule has 4 heteroatoms. The molecule has 1 atom stereocenters. The van der Waals surface area contributed by atoms with Crippen LogP contribution in [0.25, 0.3) is 0 Å². The van der Waals surface area contributed by atoms with E-state index in [-0.39, 0.29) is 18.2 Å². The average Bonchev–Trinajstić information content (AvgIpc) is 2.56. The normalized spacial score (nSPS) is 20.6. The van der Waals surface area contributed by atoms with Gasteiger partial charge in [0.05, 0.1) is 12.1 Å². The summed E-state index contributed by atoms with van der Waals surface area (Å²) in [6.45, 7) is 2.25. The third kappa shape index (κ3) is 1.84. The minimum absolute atomic E-state index is 0.140. The molecule has 84 valence electrons. The van der Waals surface area contributed by atoms with E-state index in [1.807, 2.05) is 13.0 Å². The average molecular weight is 219 g/mol. The van der Waals surface area contributed by atoms with Crippen LogP contribution in [-0.2, 0) is 14.3 Å². The second-order valence-corrected chi connectivity index (χ2v) is 3.55. The zero-order valence-electron chi connectivity index (χ0n) is 9.05. The molecule has 1 aliphatic heterocycles. The van der Waals surface area contributed by atoms with Crippen molar-refractivity contribution in [3.05, 3.63) is 30.3 Å². The van der Waals surface area contributed by atoms with E-state index in [1.54, 1.807) is 24.3 Å². The second-order valence-electron chi connectivity index (χ2n) is 3.55. The van der Waals surface area contributed by atoms with Crippen LogP contribution in [0.15, 0.2) is 30.3 Å². The summed E-state index contributed by atoms with van der Waals surface area (Å²) in [6, 6.07) is 8.91. The van der Waals surface area contributed by atoms with Gasteiger partial charge in [-0.25, -0.2) is 4.90 Å². The number of benzene rings is 1. The first-order chi connectivity index (χ1) is 7.74. The van der Waals surface area contributed by atoms with Gasteiger partial charge in [-0.3, -0.25) is 9.59 Å². The Hall–Kier alpha value is -1.68. The Morgan fingerprint density at radius 1 is 1.31 bits per heavy atom. The van der Waals surface area contributed by atoms with Gasteiger partial charge < -0.3 is 4.74 Å². The summed E-state index contributed by atoms with van der Waals surface area (Å²) < 4.78 is 5.23. The predicted molar refractivity (Wildman–Crippen MR) is 59.0 cm³/mol. The maximum Gasteiger partial charge on any atom is 0.263 e. The Kier molecular flexibility index (Phi) is 3.01. The molecule has 4 nitrogen and oxygen atoms in total. The highest BCUT2D eigenvalue weighted by molar-refractivity contribution is 6.22. The molecule has 1 fully saturated rings. The molecule has 2 amide bonds. The molecule has 1 aromatic carbocycles. The number of rotatable bonds is 3. The number of carbonyl (C=O) groups is 2. The Labute approximate surface area is 93.8 Å². The van der Waals surface area contributed by atoms with Crippen molar-refractivity contribution in [2.24, 2.45) is 0 Å². The molecule has 0 N–H and O–H groups in total. The van der Waals surface area contributed by atoms with Gasteiger partial charge in [0.25, 0.3) is 5.91 Å². The second kappa shape index (κ2) is 4.45. The van der Waals surface area contributed by atoms with E-state index in [0.717, 1.165) is 0 Å². The van der Waals surface area contributed by atoms with E-state index >= 15 is 0 Å². The van der Waals surface area contributed by atoms with Gasteiger partial charge in [-0.1, -0.05) is 18.2 Å². The summed E-state index contributed by atoms with van der Waals surface area (Å²) in [5, 5.41) is 0. The Morgan fingerprint density at radius 3 is 2.62 bits per heavy atom. The lowest BCUT2D eigenvalue weighted by Gasteiger charge is -2.14. The number of imide groups is 1. The number of hydrogen-bond donors (Lipinski definition) is 0. The lowest BCUT2D eigenvalue weighted by atomic mass is 10.3. The molecule has 0 bridgehead atoms. The van der Waals surface area contributed by atoms with Crippen molar-refractivity contribution in [3.63, 3.8) is 0 Å². The van der Waals surface area contributed by atoms with E-state index in [1.165, 1.54) is 4.90 Å². The van der Waals surface area contributed by atoms with Crippen LogP contribution in [0, 0.1) is 0 Å². The lowest BCUT2D eigenvalue weighted by Crippen LogP contribution is -2.32. The first-order valence-electron chi connectivity index (χ1n) is 5.27. The van der Waals surface area contributed by atoms with Gasteiger partial charge in [-0.05, 0) is 19.1 Å². The Balaban J connectivity index is 2.23. The molecular weight excluding hydrogens is 206 g/mol. The molecule has 0 radical (unpaired) electrons. The molecule has 1 heterocycles. The third-order valence-corrected chi connectivity index (χ3v) is 2.49. The zero-order chi connectivity index (χ0) is 11.5. The molecule has 0 aliphatic carbocycles. The van der Waals surface area contributed by atoms with Gasteiger partial charge in [-0.15, -0.1) is 0 Å². The van der Waals surface area contributed by atoms with Crippen molar-refractivity contribution in [1.82, 2.24) is 0 Å². The Morgan fingerprint density at radius 2 is 2.00 bits per heavy atom. The van der Waals surface area contributed by atoms with Crippen LogP contribution in [0.2, 0.25) is 0 Å². The van der Waals surface area contributed by atoms with E-state index < -0.39 is 6.10 Å². The minimum Gasteiger partial charge on any atom is -0.368 e. The summed E-state index contributed by atoms with van der Waals surface area (Å²) in [4.78, 5) is 24.8. The number of carbonyl (C=O) groups excluding carboxylic acids is 2. The van der Waals surface area contributed by atoms with Gasteiger partial charge in [0, 0.05) is 6.61 Å². The molecule has 1 unspecified atom stereocenters. The highest BCUT2D eigenvalue weighted by Gasteiger charge is 2.39. The van der Waals surface area contributed by atoms with Gasteiger partial charge >= 0.3 is 0 Å². The number of amides is 2. The first-order valence-corrected chi connectivity index (χ1v) is 5.27.